The minimum absolute atomic E-state index is 0.0117. The molecule has 3 heteroatoms. The highest BCUT2D eigenvalue weighted by molar-refractivity contribution is 6.80. The van der Waals surface area contributed by atoms with Gasteiger partial charge in [-0.2, -0.15) is 0 Å². The van der Waals surface area contributed by atoms with E-state index in [1.54, 1.807) is 0 Å². The summed E-state index contributed by atoms with van der Waals surface area (Å²) >= 11 is 0. The van der Waals surface area contributed by atoms with Gasteiger partial charge in [0.15, 0.2) is 0 Å². The predicted octanol–water partition coefficient (Wildman–Crippen LogP) is 1.93. The molecule has 0 saturated carbocycles. The zero-order chi connectivity index (χ0) is 15.1. The van der Waals surface area contributed by atoms with Crippen LogP contribution in [0.3, 0.4) is 0 Å². The molecule has 0 amide bonds. The van der Waals surface area contributed by atoms with Crippen LogP contribution in [0.15, 0.2) is 54.6 Å². The van der Waals surface area contributed by atoms with Crippen LogP contribution in [-0.4, -0.2) is 39.1 Å². The summed E-state index contributed by atoms with van der Waals surface area (Å²) in [6, 6.07) is 19.2. The Morgan fingerprint density at radius 1 is 0.952 bits per heavy atom. The molecular weight excluding hydrogens is 257 g/mol. The molecule has 0 N–H and O–H groups in total. The van der Waals surface area contributed by atoms with Gasteiger partial charge in [-0.15, -0.1) is 0 Å². The molecule has 110 valence electrons. The molecular formula is C18H24BNO. The molecule has 2 aromatic carbocycles. The van der Waals surface area contributed by atoms with Gasteiger partial charge in [0.2, 0.25) is 0 Å². The average Bonchev–Trinajstić information content (AvgIpc) is 2.52. The molecule has 0 heterocycles. The van der Waals surface area contributed by atoms with Crippen LogP contribution < -0.4 is 10.9 Å². The van der Waals surface area contributed by atoms with Crippen molar-refractivity contribution < 1.29 is 4.65 Å². The number of rotatable bonds is 7. The van der Waals surface area contributed by atoms with Gasteiger partial charge >= 0.3 is 6.92 Å². The maximum absolute atomic E-state index is 6.18. The van der Waals surface area contributed by atoms with Crippen LogP contribution in [0.4, 0.5) is 0 Å². The van der Waals surface area contributed by atoms with Crippen LogP contribution in [0.2, 0.25) is 0 Å². The molecule has 0 saturated heterocycles. The van der Waals surface area contributed by atoms with Crippen molar-refractivity contribution in [3.63, 3.8) is 0 Å². The van der Waals surface area contributed by atoms with Crippen LogP contribution >= 0.6 is 0 Å². The molecule has 0 radical (unpaired) electrons. The van der Waals surface area contributed by atoms with E-state index < -0.39 is 0 Å². The smallest absolute Gasteiger partial charge is 0.361 e. The molecule has 0 unspecified atom stereocenters. The van der Waals surface area contributed by atoms with Crippen LogP contribution in [0.5, 0.6) is 0 Å². The lowest BCUT2D eigenvalue weighted by Crippen LogP contribution is -2.46. The first-order chi connectivity index (χ1) is 10.2. The zero-order valence-corrected chi connectivity index (χ0v) is 13.3. The van der Waals surface area contributed by atoms with E-state index in [9.17, 15) is 0 Å². The van der Waals surface area contributed by atoms with Crippen molar-refractivity contribution in [2.75, 3.05) is 27.2 Å². The Morgan fingerprint density at radius 3 is 2.33 bits per heavy atom. The molecule has 2 rings (SSSR count). The number of likely N-dealkylation sites (N-methyl/N-ethyl adjacent to an activating group) is 1. The second-order valence-electron chi connectivity index (χ2n) is 5.56. The van der Waals surface area contributed by atoms with E-state index in [2.05, 4.69) is 74.4 Å². The monoisotopic (exact) mass is 281 g/mol. The Bertz CT molecular complexity index is 542. The minimum atomic E-state index is 0.0117. The second kappa shape index (κ2) is 8.01. The van der Waals surface area contributed by atoms with E-state index in [0.29, 0.717) is 0 Å². The van der Waals surface area contributed by atoms with Crippen molar-refractivity contribution >= 4 is 17.8 Å². The molecule has 2 nitrogen and oxygen atoms in total. The quantitative estimate of drug-likeness (QED) is 0.719. The van der Waals surface area contributed by atoms with Crippen molar-refractivity contribution in [3.05, 3.63) is 60.2 Å². The van der Waals surface area contributed by atoms with E-state index in [-0.39, 0.29) is 6.92 Å². The van der Waals surface area contributed by atoms with Gasteiger partial charge in [0, 0.05) is 13.2 Å². The van der Waals surface area contributed by atoms with E-state index in [1.165, 1.54) is 16.5 Å². The first-order valence-corrected chi connectivity index (χ1v) is 7.61. The predicted molar refractivity (Wildman–Crippen MR) is 91.8 cm³/mol. The summed E-state index contributed by atoms with van der Waals surface area (Å²) in [5.74, 6) is 0. The minimum Gasteiger partial charge on any atom is -0.426 e. The highest BCUT2D eigenvalue weighted by Crippen LogP contribution is 2.01. The Kier molecular flexibility index (Phi) is 6.03. The average molecular weight is 281 g/mol. The maximum Gasteiger partial charge on any atom is 0.361 e. The van der Waals surface area contributed by atoms with Gasteiger partial charge in [0.05, 0.1) is 0 Å². The summed E-state index contributed by atoms with van der Waals surface area (Å²) in [5.41, 5.74) is 3.80. The molecule has 0 aliphatic carbocycles. The third-order valence-electron chi connectivity index (χ3n) is 3.59. The summed E-state index contributed by atoms with van der Waals surface area (Å²) in [5, 5.41) is 0. The number of nitrogens with zero attached hydrogens (tertiary/aromatic N) is 1. The first kappa shape index (κ1) is 15.8. The van der Waals surface area contributed by atoms with Gasteiger partial charge in [0.25, 0.3) is 0 Å². The summed E-state index contributed by atoms with van der Waals surface area (Å²) in [6.07, 6.45) is 1.05. The number of benzene rings is 2. The molecule has 0 bridgehead atoms. The van der Waals surface area contributed by atoms with Gasteiger partial charge in [-0.1, -0.05) is 61.5 Å². The van der Waals surface area contributed by atoms with E-state index in [4.69, 9.17) is 4.65 Å². The van der Waals surface area contributed by atoms with Gasteiger partial charge in [-0.25, -0.2) is 0 Å². The normalized spacial score (nSPS) is 10.9. The Balaban J connectivity index is 2.22. The fourth-order valence-corrected chi connectivity index (χ4v) is 2.34. The molecule has 2 aromatic rings. The lowest BCUT2D eigenvalue weighted by atomic mass is 9.55. The number of aryl methyl sites for hydroxylation is 1. The summed E-state index contributed by atoms with van der Waals surface area (Å²) in [6.45, 7) is 3.85. The van der Waals surface area contributed by atoms with Gasteiger partial charge in [-0.05, 0) is 37.0 Å². The third kappa shape index (κ3) is 4.73. The van der Waals surface area contributed by atoms with E-state index >= 15 is 0 Å². The molecule has 0 aliphatic heterocycles. The van der Waals surface area contributed by atoms with Crippen molar-refractivity contribution in [2.24, 2.45) is 0 Å². The van der Waals surface area contributed by atoms with Gasteiger partial charge < -0.3 is 9.55 Å². The third-order valence-corrected chi connectivity index (χ3v) is 3.59. The van der Waals surface area contributed by atoms with Gasteiger partial charge in [-0.3, -0.25) is 0 Å². The fourth-order valence-electron chi connectivity index (χ4n) is 2.34. The zero-order valence-electron chi connectivity index (χ0n) is 13.3. The number of hydrogen-bond acceptors (Lipinski definition) is 2. The summed E-state index contributed by atoms with van der Waals surface area (Å²) < 4.78 is 6.18. The highest BCUT2D eigenvalue weighted by atomic mass is 16.4. The number of hydrogen-bond donors (Lipinski definition) is 0. The molecule has 0 spiro atoms. The van der Waals surface area contributed by atoms with Crippen LogP contribution in [0.25, 0.3) is 0 Å². The second-order valence-corrected chi connectivity index (χ2v) is 5.56. The van der Waals surface area contributed by atoms with Crippen molar-refractivity contribution in [1.29, 1.82) is 0 Å². The van der Waals surface area contributed by atoms with Crippen LogP contribution in [0, 0.1) is 0 Å². The molecule has 21 heavy (non-hydrogen) atoms. The molecule has 0 atom stereocenters. The summed E-state index contributed by atoms with van der Waals surface area (Å²) in [7, 11) is 4.14. The highest BCUT2D eigenvalue weighted by Gasteiger charge is 2.21. The summed E-state index contributed by atoms with van der Waals surface area (Å²) in [4.78, 5) is 2.14. The van der Waals surface area contributed by atoms with E-state index in [0.717, 1.165) is 19.6 Å². The Morgan fingerprint density at radius 2 is 1.67 bits per heavy atom. The molecule has 0 fully saturated rings. The van der Waals surface area contributed by atoms with Crippen molar-refractivity contribution in [2.45, 2.75) is 13.3 Å². The largest absolute Gasteiger partial charge is 0.426 e. The van der Waals surface area contributed by atoms with Crippen LogP contribution in [-0.2, 0) is 11.1 Å². The Hall–Kier alpha value is -1.58. The van der Waals surface area contributed by atoms with E-state index in [1.807, 2.05) is 6.07 Å². The van der Waals surface area contributed by atoms with Gasteiger partial charge in [0.1, 0.15) is 0 Å². The topological polar surface area (TPSA) is 12.5 Å². The lowest BCUT2D eigenvalue weighted by molar-refractivity contribution is 0.269. The maximum atomic E-state index is 6.18. The Labute approximate surface area is 128 Å². The first-order valence-electron chi connectivity index (χ1n) is 7.61. The lowest BCUT2D eigenvalue weighted by Gasteiger charge is -2.18. The molecule has 0 aromatic heterocycles. The van der Waals surface area contributed by atoms with Crippen LogP contribution in [0.1, 0.15) is 12.5 Å². The van der Waals surface area contributed by atoms with Crippen molar-refractivity contribution in [3.8, 4) is 0 Å². The SMILES string of the molecule is CCc1cccc(B(OCCN(C)C)c2ccccc2)c1. The van der Waals surface area contributed by atoms with Crippen molar-refractivity contribution in [1.82, 2.24) is 4.90 Å². The standard InChI is InChI=1S/C18H24BNO/c1-4-16-9-8-12-18(15-16)19(21-14-13-20(2)3)17-10-6-5-7-11-17/h5-12,15H,4,13-14H2,1-3H3. The molecule has 0 aliphatic rings. The fraction of sp³-hybridized carbons (Fsp3) is 0.333.